The lowest BCUT2D eigenvalue weighted by Gasteiger charge is -2.19. The molecule has 2 heterocycles. The van der Waals surface area contributed by atoms with Crippen LogP contribution in [0.15, 0.2) is 67.4 Å². The van der Waals surface area contributed by atoms with Gasteiger partial charge in [-0.05, 0) is 35.9 Å². The van der Waals surface area contributed by atoms with E-state index in [1.807, 2.05) is 47.3 Å². The van der Waals surface area contributed by atoms with Crippen LogP contribution in [-0.2, 0) is 0 Å². The molecule has 130 valence electrons. The number of benzene rings is 2. The summed E-state index contributed by atoms with van der Waals surface area (Å²) < 4.78 is 7.36. The van der Waals surface area contributed by atoms with E-state index in [1.54, 1.807) is 31.8 Å². The van der Waals surface area contributed by atoms with Gasteiger partial charge in [-0.2, -0.15) is 0 Å². The summed E-state index contributed by atoms with van der Waals surface area (Å²) in [5, 5.41) is 10.2. The number of nitrogens with one attached hydrogen (secondary N) is 1. The number of H-pyrrole nitrogens is 1. The lowest BCUT2D eigenvalue weighted by Crippen LogP contribution is -2.10. The minimum Gasteiger partial charge on any atom is -0.497 e. The van der Waals surface area contributed by atoms with Crippen molar-refractivity contribution in [2.45, 2.75) is 6.04 Å². The number of carboxylic acids is 1. The van der Waals surface area contributed by atoms with Crippen molar-refractivity contribution in [1.29, 1.82) is 0 Å². The van der Waals surface area contributed by atoms with E-state index in [0.29, 0.717) is 0 Å². The van der Waals surface area contributed by atoms with E-state index >= 15 is 0 Å². The largest absolute Gasteiger partial charge is 0.497 e. The third-order valence-corrected chi connectivity index (χ3v) is 4.51. The van der Waals surface area contributed by atoms with Gasteiger partial charge in [-0.25, -0.2) is 9.78 Å². The minimum atomic E-state index is -0.937. The number of carbonyl (C=O) groups is 1. The fourth-order valence-electron chi connectivity index (χ4n) is 3.22. The Morgan fingerprint density at radius 3 is 2.69 bits per heavy atom. The third-order valence-electron chi connectivity index (χ3n) is 4.51. The Balaban J connectivity index is 1.88. The van der Waals surface area contributed by atoms with E-state index in [0.717, 1.165) is 27.8 Å². The van der Waals surface area contributed by atoms with E-state index in [-0.39, 0.29) is 11.6 Å². The Labute approximate surface area is 149 Å². The van der Waals surface area contributed by atoms with Crippen molar-refractivity contribution < 1.29 is 14.6 Å². The maximum Gasteiger partial charge on any atom is 0.335 e. The Morgan fingerprint density at radius 1 is 1.23 bits per heavy atom. The molecular formula is C20H17N3O3. The number of imidazole rings is 1. The van der Waals surface area contributed by atoms with Gasteiger partial charge in [0.05, 0.1) is 25.0 Å². The first kappa shape index (κ1) is 16.0. The number of hydrogen-bond donors (Lipinski definition) is 2. The van der Waals surface area contributed by atoms with Crippen molar-refractivity contribution in [2.75, 3.05) is 7.11 Å². The molecule has 6 nitrogen and oxygen atoms in total. The molecule has 0 aliphatic carbocycles. The minimum absolute atomic E-state index is 0.138. The number of methoxy groups -OCH3 is 1. The number of ether oxygens (including phenoxy) is 1. The molecule has 2 aromatic heterocycles. The number of nitrogens with zero attached hydrogens (tertiary/aromatic N) is 2. The lowest BCUT2D eigenvalue weighted by molar-refractivity contribution is 0.0697. The zero-order valence-corrected chi connectivity index (χ0v) is 14.1. The van der Waals surface area contributed by atoms with Crippen LogP contribution in [0.2, 0.25) is 0 Å². The topological polar surface area (TPSA) is 80.1 Å². The van der Waals surface area contributed by atoms with E-state index in [9.17, 15) is 4.79 Å². The molecule has 0 spiro atoms. The molecule has 0 saturated heterocycles. The molecule has 26 heavy (non-hydrogen) atoms. The van der Waals surface area contributed by atoms with Crippen LogP contribution in [0.1, 0.15) is 27.5 Å². The van der Waals surface area contributed by atoms with Gasteiger partial charge in [-0.1, -0.05) is 12.1 Å². The number of aromatic nitrogens is 3. The highest BCUT2D eigenvalue weighted by atomic mass is 16.5. The van der Waals surface area contributed by atoms with Gasteiger partial charge in [0.2, 0.25) is 0 Å². The van der Waals surface area contributed by atoms with E-state index in [4.69, 9.17) is 9.84 Å². The number of aromatic carboxylic acids is 1. The van der Waals surface area contributed by atoms with Gasteiger partial charge in [-0.3, -0.25) is 0 Å². The fourth-order valence-corrected chi connectivity index (χ4v) is 3.22. The van der Waals surface area contributed by atoms with Gasteiger partial charge >= 0.3 is 5.97 Å². The predicted octanol–water partition coefficient (Wildman–Crippen LogP) is 3.71. The molecule has 4 rings (SSSR count). The van der Waals surface area contributed by atoms with Crippen molar-refractivity contribution in [3.8, 4) is 5.75 Å². The maximum absolute atomic E-state index is 11.2. The summed E-state index contributed by atoms with van der Waals surface area (Å²) in [6.45, 7) is 0. The maximum atomic E-state index is 11.2. The molecule has 0 aliphatic heterocycles. The quantitative estimate of drug-likeness (QED) is 0.577. The average Bonchev–Trinajstić information content (AvgIpc) is 3.33. The van der Waals surface area contributed by atoms with Gasteiger partial charge in [0.15, 0.2) is 0 Å². The van der Waals surface area contributed by atoms with Gasteiger partial charge in [0, 0.05) is 35.1 Å². The molecular weight excluding hydrogens is 330 g/mol. The molecule has 2 N–H and O–H groups in total. The molecule has 0 radical (unpaired) electrons. The molecule has 0 amide bonds. The third kappa shape index (κ3) is 2.71. The van der Waals surface area contributed by atoms with Crippen LogP contribution >= 0.6 is 0 Å². The zero-order chi connectivity index (χ0) is 18.1. The molecule has 0 bridgehead atoms. The highest BCUT2D eigenvalue weighted by molar-refractivity contribution is 5.88. The predicted molar refractivity (Wildman–Crippen MR) is 97.7 cm³/mol. The number of hydrogen-bond acceptors (Lipinski definition) is 3. The van der Waals surface area contributed by atoms with E-state index in [2.05, 4.69) is 9.97 Å². The second-order valence-electron chi connectivity index (χ2n) is 6.00. The average molecular weight is 347 g/mol. The summed E-state index contributed by atoms with van der Waals surface area (Å²) in [5.74, 6) is -0.156. The molecule has 4 aromatic rings. The van der Waals surface area contributed by atoms with Crippen molar-refractivity contribution in [3.05, 3.63) is 84.1 Å². The van der Waals surface area contributed by atoms with Gasteiger partial charge in [0.25, 0.3) is 0 Å². The molecule has 0 saturated carbocycles. The van der Waals surface area contributed by atoms with E-state index < -0.39 is 5.97 Å². The number of rotatable bonds is 5. The second kappa shape index (κ2) is 6.40. The smallest absolute Gasteiger partial charge is 0.335 e. The highest BCUT2D eigenvalue weighted by Gasteiger charge is 2.20. The van der Waals surface area contributed by atoms with Crippen molar-refractivity contribution in [1.82, 2.24) is 14.5 Å². The second-order valence-corrected chi connectivity index (χ2v) is 6.00. The summed E-state index contributed by atoms with van der Waals surface area (Å²) in [7, 11) is 1.64. The molecule has 2 aromatic carbocycles. The van der Waals surface area contributed by atoms with Gasteiger partial charge in [-0.15, -0.1) is 0 Å². The highest BCUT2D eigenvalue weighted by Crippen LogP contribution is 2.34. The first-order valence-corrected chi connectivity index (χ1v) is 8.13. The SMILES string of the molecule is COc1ccc2[nH]cc(C(c3ccc(C(=O)O)cc3)n3ccnc3)c2c1. The van der Waals surface area contributed by atoms with Crippen LogP contribution < -0.4 is 4.74 Å². The zero-order valence-electron chi connectivity index (χ0n) is 14.1. The normalized spacial score (nSPS) is 12.2. The number of carboxylic acid groups (broad SMARTS) is 1. The van der Waals surface area contributed by atoms with Crippen LogP contribution in [0.4, 0.5) is 0 Å². The van der Waals surface area contributed by atoms with Gasteiger partial charge < -0.3 is 19.4 Å². The summed E-state index contributed by atoms with van der Waals surface area (Å²) in [4.78, 5) is 18.6. The van der Waals surface area contributed by atoms with Crippen molar-refractivity contribution in [2.24, 2.45) is 0 Å². The van der Waals surface area contributed by atoms with Gasteiger partial charge in [0.1, 0.15) is 5.75 Å². The summed E-state index contributed by atoms with van der Waals surface area (Å²) in [6.07, 6.45) is 7.36. The lowest BCUT2D eigenvalue weighted by atomic mass is 9.97. The molecule has 1 unspecified atom stereocenters. The Bertz CT molecular complexity index is 1050. The number of fused-ring (bicyclic) bond motifs is 1. The monoisotopic (exact) mass is 347 g/mol. The molecule has 0 aliphatic rings. The number of aromatic amines is 1. The Hall–Kier alpha value is -3.54. The fraction of sp³-hybridized carbons (Fsp3) is 0.100. The summed E-state index contributed by atoms with van der Waals surface area (Å²) >= 11 is 0. The first-order valence-electron chi connectivity index (χ1n) is 8.13. The van der Waals surface area contributed by atoms with Crippen LogP contribution in [0, 0.1) is 0 Å². The summed E-state index contributed by atoms with van der Waals surface area (Å²) in [5.41, 5.74) is 3.29. The summed E-state index contributed by atoms with van der Waals surface area (Å²) in [6, 6.07) is 12.7. The first-order chi connectivity index (χ1) is 12.7. The molecule has 1 atom stereocenters. The molecule has 6 heteroatoms. The van der Waals surface area contributed by atoms with Crippen LogP contribution in [0.3, 0.4) is 0 Å². The van der Waals surface area contributed by atoms with Crippen LogP contribution in [-0.4, -0.2) is 32.7 Å². The van der Waals surface area contributed by atoms with Crippen molar-refractivity contribution >= 4 is 16.9 Å². The van der Waals surface area contributed by atoms with Crippen LogP contribution in [0.5, 0.6) is 5.75 Å². The standard InChI is InChI=1S/C20H17N3O3/c1-26-15-6-7-18-16(10-15)17(11-22-18)19(23-9-8-21-12-23)13-2-4-14(5-3-13)20(24)25/h2-12,19,22H,1H3,(H,24,25). The Kier molecular flexibility index (Phi) is 3.93. The van der Waals surface area contributed by atoms with E-state index in [1.165, 1.54) is 0 Å². The van der Waals surface area contributed by atoms with Crippen LogP contribution in [0.25, 0.3) is 10.9 Å². The van der Waals surface area contributed by atoms with Crippen molar-refractivity contribution in [3.63, 3.8) is 0 Å². The molecule has 0 fully saturated rings. The Morgan fingerprint density at radius 2 is 2.04 bits per heavy atom.